The van der Waals surface area contributed by atoms with Gasteiger partial charge in [-0.1, -0.05) is 53.3 Å². The van der Waals surface area contributed by atoms with Crippen molar-refractivity contribution in [3.63, 3.8) is 0 Å². The first-order chi connectivity index (χ1) is 15.2. The number of ether oxygens (including phenoxy) is 1. The number of anilines is 1. The molecule has 0 radical (unpaired) electrons. The Balaban J connectivity index is 1.71. The van der Waals surface area contributed by atoms with Gasteiger partial charge in [0, 0.05) is 22.8 Å². The molecule has 2 aromatic carbocycles. The molecule has 0 spiro atoms. The Morgan fingerprint density at radius 2 is 1.97 bits per heavy atom. The van der Waals surface area contributed by atoms with Crippen LogP contribution in [0.5, 0.6) is 5.75 Å². The van der Waals surface area contributed by atoms with Gasteiger partial charge in [-0.2, -0.15) is 0 Å². The number of rotatable bonds is 8. The van der Waals surface area contributed by atoms with Gasteiger partial charge in [-0.25, -0.2) is 0 Å². The molecular formula is C22H19ClN2O5S2. The smallest absolute Gasteiger partial charge is 0.305 e. The minimum Gasteiger partial charge on any atom is -0.483 e. The number of nitrogens with zero attached hydrogens (tertiary/aromatic N) is 1. The maximum atomic E-state index is 12.6. The van der Waals surface area contributed by atoms with Crippen LogP contribution in [-0.2, 0) is 14.4 Å². The number of nitrogens with one attached hydrogen (secondary N) is 1. The Labute approximate surface area is 199 Å². The molecule has 1 fully saturated rings. The Bertz CT molecular complexity index is 1100. The number of thiocarbonyl (C=S) groups is 1. The first-order valence-electron chi connectivity index (χ1n) is 9.49. The highest BCUT2D eigenvalue weighted by atomic mass is 35.5. The molecule has 1 saturated heterocycles. The van der Waals surface area contributed by atoms with Gasteiger partial charge in [0.05, 0.1) is 11.3 Å². The van der Waals surface area contributed by atoms with Crippen LogP contribution < -0.4 is 10.1 Å². The van der Waals surface area contributed by atoms with Crippen molar-refractivity contribution < 1.29 is 24.2 Å². The van der Waals surface area contributed by atoms with E-state index in [9.17, 15) is 14.4 Å². The molecule has 0 unspecified atom stereocenters. The van der Waals surface area contributed by atoms with Crippen molar-refractivity contribution in [3.05, 3.63) is 63.5 Å². The zero-order chi connectivity index (χ0) is 23.3. The van der Waals surface area contributed by atoms with Gasteiger partial charge in [-0.15, -0.1) is 0 Å². The average Bonchev–Trinajstić information content (AvgIpc) is 3.00. The molecule has 32 heavy (non-hydrogen) atoms. The molecule has 10 heteroatoms. The number of benzene rings is 2. The first kappa shape index (κ1) is 23.8. The lowest BCUT2D eigenvalue weighted by molar-refractivity contribution is -0.137. The summed E-state index contributed by atoms with van der Waals surface area (Å²) >= 11 is 12.4. The van der Waals surface area contributed by atoms with E-state index in [0.717, 1.165) is 17.3 Å². The van der Waals surface area contributed by atoms with Crippen molar-refractivity contribution in [2.75, 3.05) is 18.5 Å². The number of hydrogen-bond acceptors (Lipinski definition) is 6. The molecule has 0 atom stereocenters. The maximum absolute atomic E-state index is 12.6. The van der Waals surface area contributed by atoms with Gasteiger partial charge < -0.3 is 15.2 Å². The third kappa shape index (κ3) is 6.32. The van der Waals surface area contributed by atoms with Crippen LogP contribution in [0, 0.1) is 6.92 Å². The number of hydrogen-bond donors (Lipinski definition) is 2. The van der Waals surface area contributed by atoms with Gasteiger partial charge in [0.25, 0.3) is 11.8 Å². The molecule has 2 N–H and O–H groups in total. The number of carboxylic acid groups (broad SMARTS) is 1. The Morgan fingerprint density at radius 3 is 2.66 bits per heavy atom. The van der Waals surface area contributed by atoms with Gasteiger partial charge in [0.2, 0.25) is 0 Å². The largest absolute Gasteiger partial charge is 0.483 e. The topological polar surface area (TPSA) is 95.9 Å². The lowest BCUT2D eigenvalue weighted by atomic mass is 10.2. The highest BCUT2D eigenvalue weighted by molar-refractivity contribution is 8.26. The second-order valence-electron chi connectivity index (χ2n) is 6.86. The van der Waals surface area contributed by atoms with Crippen LogP contribution in [0.2, 0.25) is 5.02 Å². The summed E-state index contributed by atoms with van der Waals surface area (Å²) in [4.78, 5) is 37.3. The molecule has 1 aliphatic rings. The number of aliphatic carboxylic acids is 1. The predicted molar refractivity (Wildman–Crippen MR) is 129 cm³/mol. The quantitative estimate of drug-likeness (QED) is 0.419. The summed E-state index contributed by atoms with van der Waals surface area (Å²) in [6, 6.07) is 12.2. The zero-order valence-corrected chi connectivity index (χ0v) is 19.4. The normalized spacial score (nSPS) is 14.7. The molecule has 1 aliphatic heterocycles. The Morgan fingerprint density at radius 1 is 1.25 bits per heavy atom. The van der Waals surface area contributed by atoms with Gasteiger partial charge >= 0.3 is 5.97 Å². The van der Waals surface area contributed by atoms with Crippen molar-refractivity contribution in [3.8, 4) is 5.75 Å². The number of carboxylic acids is 1. The van der Waals surface area contributed by atoms with Crippen LogP contribution in [0.3, 0.4) is 0 Å². The molecule has 2 aromatic rings. The van der Waals surface area contributed by atoms with Crippen molar-refractivity contribution in [2.45, 2.75) is 13.3 Å². The summed E-state index contributed by atoms with van der Waals surface area (Å²) in [5.74, 6) is -1.37. The lowest BCUT2D eigenvalue weighted by Gasteiger charge is -2.12. The molecule has 0 saturated carbocycles. The van der Waals surface area contributed by atoms with E-state index in [1.54, 1.807) is 36.4 Å². The van der Waals surface area contributed by atoms with Crippen molar-refractivity contribution in [2.24, 2.45) is 0 Å². The highest BCUT2D eigenvalue weighted by Gasteiger charge is 2.32. The second-order valence-corrected chi connectivity index (χ2v) is 8.97. The Hall–Kier alpha value is -2.88. The van der Waals surface area contributed by atoms with E-state index in [2.05, 4.69) is 5.32 Å². The number of amides is 2. The van der Waals surface area contributed by atoms with E-state index < -0.39 is 5.97 Å². The summed E-state index contributed by atoms with van der Waals surface area (Å²) in [6.07, 6.45) is 1.36. The molecule has 1 heterocycles. The molecule has 3 rings (SSSR count). The molecule has 166 valence electrons. The molecule has 2 amide bonds. The maximum Gasteiger partial charge on any atom is 0.305 e. The summed E-state index contributed by atoms with van der Waals surface area (Å²) in [6.45, 7) is 1.71. The van der Waals surface area contributed by atoms with Crippen LogP contribution in [0.25, 0.3) is 6.08 Å². The lowest BCUT2D eigenvalue weighted by Crippen LogP contribution is -2.30. The predicted octanol–water partition coefficient (Wildman–Crippen LogP) is 4.34. The van der Waals surface area contributed by atoms with Crippen LogP contribution in [0.4, 0.5) is 5.69 Å². The highest BCUT2D eigenvalue weighted by Crippen LogP contribution is 2.35. The second kappa shape index (κ2) is 10.6. The Kier molecular flexibility index (Phi) is 7.89. The fourth-order valence-electron chi connectivity index (χ4n) is 2.78. The van der Waals surface area contributed by atoms with E-state index in [-0.39, 0.29) is 35.7 Å². The summed E-state index contributed by atoms with van der Waals surface area (Å²) < 4.78 is 5.95. The van der Waals surface area contributed by atoms with E-state index in [4.69, 9.17) is 33.7 Å². The zero-order valence-electron chi connectivity index (χ0n) is 17.0. The van der Waals surface area contributed by atoms with Gasteiger partial charge in [-0.05, 0) is 43.3 Å². The third-order valence-corrected chi connectivity index (χ3v) is 5.99. The minimum absolute atomic E-state index is 0.00454. The third-order valence-electron chi connectivity index (χ3n) is 4.38. The van der Waals surface area contributed by atoms with Crippen LogP contribution in [-0.4, -0.2) is 45.3 Å². The van der Waals surface area contributed by atoms with Gasteiger partial charge in [0.15, 0.2) is 6.61 Å². The van der Waals surface area contributed by atoms with E-state index in [1.807, 2.05) is 19.1 Å². The van der Waals surface area contributed by atoms with Crippen LogP contribution >= 0.6 is 35.6 Å². The molecular weight excluding hydrogens is 472 g/mol. The summed E-state index contributed by atoms with van der Waals surface area (Å²) in [5.41, 5.74) is 2.24. The monoisotopic (exact) mass is 490 g/mol. The number of halogens is 1. The number of thioether (sulfide) groups is 1. The summed E-state index contributed by atoms with van der Waals surface area (Å²) in [5, 5.41) is 12.0. The van der Waals surface area contributed by atoms with E-state index in [0.29, 0.717) is 26.9 Å². The molecule has 0 aliphatic carbocycles. The molecule has 0 bridgehead atoms. The SMILES string of the molecule is Cc1ccc(NC(=O)COc2ccc(Cl)cc2/C=C2\SC(=S)N(CCC(=O)O)C2=O)cc1. The number of carbonyl (C=O) groups is 3. The molecule has 0 aromatic heterocycles. The van der Waals surface area contributed by atoms with Gasteiger partial charge in [0.1, 0.15) is 10.1 Å². The van der Waals surface area contributed by atoms with Crippen LogP contribution in [0.15, 0.2) is 47.4 Å². The molecule has 7 nitrogen and oxygen atoms in total. The van der Waals surface area contributed by atoms with Gasteiger partial charge in [-0.3, -0.25) is 19.3 Å². The fourth-order valence-corrected chi connectivity index (χ4v) is 4.26. The minimum atomic E-state index is -1.02. The van der Waals surface area contributed by atoms with Crippen molar-refractivity contribution in [1.82, 2.24) is 4.90 Å². The number of carbonyl (C=O) groups excluding carboxylic acids is 2. The fraction of sp³-hybridized carbons (Fsp3) is 0.182. The number of aryl methyl sites for hydroxylation is 1. The average molecular weight is 491 g/mol. The standard InChI is InChI=1S/C22H19ClN2O5S2/c1-13-2-5-16(6-3-13)24-19(26)12-30-17-7-4-15(23)10-14(17)11-18-21(29)25(22(31)32-18)9-8-20(27)28/h2-7,10-11H,8-9,12H2,1H3,(H,24,26)(H,27,28)/b18-11-. The van der Waals surface area contributed by atoms with E-state index >= 15 is 0 Å². The van der Waals surface area contributed by atoms with Crippen molar-refractivity contribution >= 4 is 69.4 Å². The summed E-state index contributed by atoms with van der Waals surface area (Å²) in [7, 11) is 0. The van der Waals surface area contributed by atoms with E-state index in [1.165, 1.54) is 4.90 Å². The van der Waals surface area contributed by atoms with Crippen LogP contribution in [0.1, 0.15) is 17.5 Å². The first-order valence-corrected chi connectivity index (χ1v) is 11.1. The van der Waals surface area contributed by atoms with Crippen molar-refractivity contribution in [1.29, 1.82) is 0 Å².